The van der Waals surface area contributed by atoms with Crippen LogP contribution in [0.15, 0.2) is 0 Å². The molecule has 2 saturated heterocycles. The van der Waals surface area contributed by atoms with Gasteiger partial charge in [0.1, 0.15) is 0 Å². The number of alkyl halides is 1. The highest BCUT2D eigenvalue weighted by Crippen LogP contribution is 2.18. The summed E-state index contributed by atoms with van der Waals surface area (Å²) < 4.78 is 11.1. The summed E-state index contributed by atoms with van der Waals surface area (Å²) in [6, 6.07) is 0.568. The van der Waals surface area contributed by atoms with Crippen molar-refractivity contribution in [3.05, 3.63) is 0 Å². The van der Waals surface area contributed by atoms with Crippen LogP contribution in [-0.4, -0.2) is 55.3 Å². The second kappa shape index (κ2) is 6.94. The van der Waals surface area contributed by atoms with E-state index in [1.807, 2.05) is 0 Å². The van der Waals surface area contributed by atoms with E-state index in [1.54, 1.807) is 0 Å². The van der Waals surface area contributed by atoms with Crippen LogP contribution in [-0.2, 0) is 9.47 Å². The number of hydrogen-bond donors (Lipinski definition) is 0. The Labute approximate surface area is 107 Å². The Morgan fingerprint density at radius 3 is 3.00 bits per heavy atom. The number of nitrogens with zero attached hydrogens (tertiary/aromatic N) is 1. The highest BCUT2D eigenvalue weighted by Gasteiger charge is 2.22. The zero-order valence-corrected chi connectivity index (χ0v) is 11.5. The van der Waals surface area contributed by atoms with E-state index in [4.69, 9.17) is 9.47 Å². The van der Waals surface area contributed by atoms with Crippen LogP contribution in [0.4, 0.5) is 0 Å². The Morgan fingerprint density at radius 1 is 1.31 bits per heavy atom. The summed E-state index contributed by atoms with van der Waals surface area (Å²) >= 11 is 3.56. The van der Waals surface area contributed by atoms with Crippen molar-refractivity contribution in [1.29, 1.82) is 0 Å². The quantitative estimate of drug-likeness (QED) is 0.724. The van der Waals surface area contributed by atoms with Gasteiger partial charge < -0.3 is 9.47 Å². The molecule has 0 aliphatic carbocycles. The van der Waals surface area contributed by atoms with Gasteiger partial charge in [-0.05, 0) is 32.2 Å². The summed E-state index contributed by atoms with van der Waals surface area (Å²) in [5, 5.41) is 1.02. The first-order valence-corrected chi connectivity index (χ1v) is 7.51. The lowest BCUT2D eigenvalue weighted by atomic mass is 10.1. The van der Waals surface area contributed by atoms with Gasteiger partial charge in [0.15, 0.2) is 0 Å². The summed E-state index contributed by atoms with van der Waals surface area (Å²) in [5.74, 6) is 0. The van der Waals surface area contributed by atoms with Crippen molar-refractivity contribution in [2.45, 2.75) is 37.8 Å². The number of morpholine rings is 1. The molecule has 2 rings (SSSR count). The summed E-state index contributed by atoms with van der Waals surface area (Å²) in [6.07, 6.45) is 5.56. The smallest absolute Gasteiger partial charge is 0.0630 e. The van der Waals surface area contributed by atoms with Gasteiger partial charge in [0, 0.05) is 24.5 Å². The van der Waals surface area contributed by atoms with Crippen LogP contribution >= 0.6 is 15.9 Å². The Hall–Kier alpha value is 0.360. The van der Waals surface area contributed by atoms with E-state index in [2.05, 4.69) is 20.8 Å². The lowest BCUT2D eigenvalue weighted by Crippen LogP contribution is -2.46. The van der Waals surface area contributed by atoms with Crippen molar-refractivity contribution >= 4 is 15.9 Å². The van der Waals surface area contributed by atoms with Crippen LogP contribution in [0.3, 0.4) is 0 Å². The second-order valence-electron chi connectivity index (χ2n) is 4.70. The fourth-order valence-electron chi connectivity index (χ4n) is 2.52. The number of hydrogen-bond acceptors (Lipinski definition) is 3. The third-order valence-corrected chi connectivity index (χ3v) is 4.27. The summed E-state index contributed by atoms with van der Waals surface area (Å²) in [5.41, 5.74) is 0. The first-order chi connectivity index (χ1) is 7.90. The molecule has 2 atom stereocenters. The van der Waals surface area contributed by atoms with E-state index in [1.165, 1.54) is 32.2 Å². The summed E-state index contributed by atoms with van der Waals surface area (Å²) in [7, 11) is 0. The lowest BCUT2D eigenvalue weighted by Gasteiger charge is -2.34. The van der Waals surface area contributed by atoms with Crippen molar-refractivity contribution < 1.29 is 9.47 Å². The Kier molecular flexibility index (Phi) is 5.56. The van der Waals surface area contributed by atoms with Crippen LogP contribution < -0.4 is 0 Å². The van der Waals surface area contributed by atoms with Crippen molar-refractivity contribution in [3.8, 4) is 0 Å². The average Bonchev–Trinajstić information content (AvgIpc) is 2.83. The molecule has 0 spiro atoms. The van der Waals surface area contributed by atoms with E-state index >= 15 is 0 Å². The topological polar surface area (TPSA) is 21.7 Å². The van der Waals surface area contributed by atoms with Gasteiger partial charge in [-0.15, -0.1) is 0 Å². The fraction of sp³-hybridized carbons (Fsp3) is 1.00. The molecule has 0 saturated carbocycles. The highest BCUT2D eigenvalue weighted by atomic mass is 79.9. The monoisotopic (exact) mass is 291 g/mol. The molecule has 2 unspecified atom stereocenters. The normalized spacial score (nSPS) is 32.1. The summed E-state index contributed by atoms with van der Waals surface area (Å²) in [6.45, 7) is 5.03. The van der Waals surface area contributed by atoms with E-state index in [-0.39, 0.29) is 0 Å². The van der Waals surface area contributed by atoms with E-state index < -0.39 is 0 Å². The maximum absolute atomic E-state index is 5.64. The maximum atomic E-state index is 5.64. The molecular weight excluding hydrogens is 270 g/mol. The van der Waals surface area contributed by atoms with Crippen LogP contribution in [0.5, 0.6) is 0 Å². The molecule has 0 aromatic carbocycles. The molecule has 2 aliphatic heterocycles. The standard InChI is InChI=1S/C12H22BrNO2/c13-9-11-10-15-8-6-14(11)5-1-3-12-4-2-7-16-12/h11-12H,1-10H2. The Balaban J connectivity index is 1.63. The molecule has 0 aromatic heterocycles. The fourth-order valence-corrected chi connectivity index (χ4v) is 3.12. The zero-order valence-electron chi connectivity index (χ0n) is 9.87. The minimum Gasteiger partial charge on any atom is -0.378 e. The third-order valence-electron chi connectivity index (χ3n) is 3.52. The van der Waals surface area contributed by atoms with E-state index in [9.17, 15) is 0 Å². The minimum absolute atomic E-state index is 0.545. The highest BCUT2D eigenvalue weighted by molar-refractivity contribution is 9.09. The second-order valence-corrected chi connectivity index (χ2v) is 5.34. The Morgan fingerprint density at radius 2 is 2.25 bits per heavy atom. The molecule has 2 aliphatic rings. The first-order valence-electron chi connectivity index (χ1n) is 6.39. The molecule has 4 heteroatoms. The molecule has 94 valence electrons. The lowest BCUT2D eigenvalue weighted by molar-refractivity contribution is -0.000634. The van der Waals surface area contributed by atoms with Gasteiger partial charge in [-0.25, -0.2) is 0 Å². The first kappa shape index (κ1) is 12.8. The van der Waals surface area contributed by atoms with E-state index in [0.29, 0.717) is 12.1 Å². The molecule has 0 radical (unpaired) electrons. The number of rotatable bonds is 5. The van der Waals surface area contributed by atoms with Gasteiger partial charge in [0.2, 0.25) is 0 Å². The molecule has 3 nitrogen and oxygen atoms in total. The largest absolute Gasteiger partial charge is 0.378 e. The predicted molar refractivity (Wildman–Crippen MR) is 68.2 cm³/mol. The predicted octanol–water partition coefficient (Wildman–Crippen LogP) is 2.04. The number of halogens is 1. The van der Waals surface area contributed by atoms with Gasteiger partial charge >= 0.3 is 0 Å². The number of ether oxygens (including phenoxy) is 2. The van der Waals surface area contributed by atoms with E-state index in [0.717, 1.165) is 31.7 Å². The SMILES string of the molecule is BrCC1COCCN1CCCC1CCCO1. The molecule has 0 amide bonds. The van der Waals surface area contributed by atoms with Gasteiger partial charge in [-0.2, -0.15) is 0 Å². The average molecular weight is 292 g/mol. The van der Waals surface area contributed by atoms with Gasteiger partial charge in [0.25, 0.3) is 0 Å². The van der Waals surface area contributed by atoms with Gasteiger partial charge in [-0.3, -0.25) is 4.90 Å². The molecule has 2 fully saturated rings. The van der Waals surface area contributed by atoms with Crippen molar-refractivity contribution in [2.24, 2.45) is 0 Å². The molecular formula is C12H22BrNO2. The molecule has 0 N–H and O–H groups in total. The molecule has 2 heterocycles. The van der Waals surface area contributed by atoms with Crippen LogP contribution in [0.2, 0.25) is 0 Å². The van der Waals surface area contributed by atoms with Crippen LogP contribution in [0, 0.1) is 0 Å². The molecule has 0 bridgehead atoms. The Bertz CT molecular complexity index is 197. The molecule has 16 heavy (non-hydrogen) atoms. The van der Waals surface area contributed by atoms with Crippen LogP contribution in [0.25, 0.3) is 0 Å². The molecule has 0 aromatic rings. The summed E-state index contributed by atoms with van der Waals surface area (Å²) in [4.78, 5) is 2.55. The van der Waals surface area contributed by atoms with Gasteiger partial charge in [-0.1, -0.05) is 15.9 Å². The zero-order chi connectivity index (χ0) is 11.2. The maximum Gasteiger partial charge on any atom is 0.0630 e. The van der Waals surface area contributed by atoms with Crippen LogP contribution in [0.1, 0.15) is 25.7 Å². The van der Waals surface area contributed by atoms with Crippen molar-refractivity contribution in [1.82, 2.24) is 4.90 Å². The van der Waals surface area contributed by atoms with Gasteiger partial charge in [0.05, 0.1) is 19.3 Å². The van der Waals surface area contributed by atoms with Crippen molar-refractivity contribution in [2.75, 3.05) is 38.2 Å². The minimum atomic E-state index is 0.545. The van der Waals surface area contributed by atoms with Crippen molar-refractivity contribution in [3.63, 3.8) is 0 Å². The third kappa shape index (κ3) is 3.69.